The Morgan fingerprint density at radius 3 is 2.57 bits per heavy atom. The quantitative estimate of drug-likeness (QED) is 0.692. The molecule has 0 saturated carbocycles. The summed E-state index contributed by atoms with van der Waals surface area (Å²) >= 11 is 0. The second kappa shape index (κ2) is 8.55. The van der Waals surface area contributed by atoms with Crippen molar-refractivity contribution in [2.24, 2.45) is 0 Å². The first-order valence-corrected chi connectivity index (χ1v) is 6.09. The van der Waals surface area contributed by atoms with Crippen molar-refractivity contribution >= 4 is 12.4 Å². The van der Waals surface area contributed by atoms with Crippen LogP contribution in [0.5, 0.6) is 0 Å². The maximum absolute atomic E-state index is 3.69. The van der Waals surface area contributed by atoms with Gasteiger partial charge < -0.3 is 5.32 Å². The third-order valence-electron chi connectivity index (χ3n) is 3.12. The maximum atomic E-state index is 3.69. The lowest BCUT2D eigenvalue weighted by Gasteiger charge is -2.28. The third kappa shape index (κ3) is 5.87. The molecule has 0 aliphatic carbocycles. The van der Waals surface area contributed by atoms with E-state index in [9.17, 15) is 0 Å². The fraction of sp³-hybridized carbons (Fsp3) is 1.00. The summed E-state index contributed by atoms with van der Waals surface area (Å²) in [6, 6.07) is 1.60. The van der Waals surface area contributed by atoms with Crippen molar-refractivity contribution in [2.75, 3.05) is 0 Å². The highest BCUT2D eigenvalue weighted by Crippen LogP contribution is 2.17. The molecule has 1 fully saturated rings. The lowest BCUT2D eigenvalue weighted by molar-refractivity contribution is 0.315. The van der Waals surface area contributed by atoms with Gasteiger partial charge in [0.25, 0.3) is 0 Å². The van der Waals surface area contributed by atoms with Crippen molar-refractivity contribution in [3.63, 3.8) is 0 Å². The molecule has 1 N–H and O–H groups in total. The molecule has 0 aromatic heterocycles. The lowest BCUT2D eigenvalue weighted by atomic mass is 9.95. The van der Waals surface area contributed by atoms with Crippen LogP contribution >= 0.6 is 12.4 Å². The Balaban J connectivity index is 0.00000169. The van der Waals surface area contributed by atoms with Crippen molar-refractivity contribution in [1.82, 2.24) is 5.32 Å². The molecule has 1 aliphatic rings. The van der Waals surface area contributed by atoms with Crippen LogP contribution in [0.4, 0.5) is 0 Å². The van der Waals surface area contributed by atoms with Crippen LogP contribution in [0.2, 0.25) is 0 Å². The smallest absolute Gasteiger partial charge is 0.00695 e. The van der Waals surface area contributed by atoms with Crippen LogP contribution in [0.3, 0.4) is 0 Å². The van der Waals surface area contributed by atoms with Crippen LogP contribution in [-0.2, 0) is 0 Å². The molecule has 1 nitrogen and oxygen atoms in total. The van der Waals surface area contributed by atoms with E-state index in [1.807, 2.05) is 0 Å². The topological polar surface area (TPSA) is 12.0 Å². The minimum absolute atomic E-state index is 0. The Hall–Kier alpha value is 0.250. The van der Waals surface area contributed by atoms with Gasteiger partial charge in [-0.2, -0.15) is 0 Å². The van der Waals surface area contributed by atoms with E-state index < -0.39 is 0 Å². The van der Waals surface area contributed by atoms with Gasteiger partial charge in [0.05, 0.1) is 0 Å². The molecule has 0 bridgehead atoms. The molecule has 1 saturated heterocycles. The average Bonchev–Trinajstić information content (AvgIpc) is 2.13. The van der Waals surface area contributed by atoms with Gasteiger partial charge in [-0.3, -0.25) is 0 Å². The van der Waals surface area contributed by atoms with Gasteiger partial charge in [0, 0.05) is 12.1 Å². The molecular weight excluding hydrogens is 194 g/mol. The predicted octanol–water partition coefficient (Wildman–Crippen LogP) is 3.91. The van der Waals surface area contributed by atoms with Crippen LogP contribution in [-0.4, -0.2) is 12.1 Å². The zero-order valence-corrected chi connectivity index (χ0v) is 10.5. The monoisotopic (exact) mass is 219 g/mol. The standard InChI is InChI=1S/C12H25N.ClH/c1-3-4-5-6-9-12-10-7-8-11(2)13-12;/h11-13H,3-10H2,1-2H3;1H/t11-,12-;/m1./s1. The summed E-state index contributed by atoms with van der Waals surface area (Å²) in [5.41, 5.74) is 0. The van der Waals surface area contributed by atoms with Crippen molar-refractivity contribution in [1.29, 1.82) is 0 Å². The molecule has 86 valence electrons. The van der Waals surface area contributed by atoms with Crippen molar-refractivity contribution in [3.8, 4) is 0 Å². The van der Waals surface area contributed by atoms with Crippen LogP contribution < -0.4 is 5.32 Å². The van der Waals surface area contributed by atoms with E-state index in [1.54, 1.807) is 0 Å². The van der Waals surface area contributed by atoms with Crippen LogP contribution in [0.25, 0.3) is 0 Å². The molecule has 0 aromatic carbocycles. The summed E-state index contributed by atoms with van der Waals surface area (Å²) in [7, 11) is 0. The van der Waals surface area contributed by atoms with Gasteiger partial charge in [0.2, 0.25) is 0 Å². The highest BCUT2D eigenvalue weighted by molar-refractivity contribution is 5.85. The number of nitrogens with one attached hydrogen (secondary N) is 1. The first kappa shape index (κ1) is 14.2. The first-order chi connectivity index (χ1) is 6.33. The van der Waals surface area contributed by atoms with E-state index in [2.05, 4.69) is 19.2 Å². The lowest BCUT2D eigenvalue weighted by Crippen LogP contribution is -2.40. The van der Waals surface area contributed by atoms with Gasteiger partial charge in [-0.1, -0.05) is 39.0 Å². The third-order valence-corrected chi connectivity index (χ3v) is 3.12. The molecule has 1 heterocycles. The number of rotatable bonds is 5. The van der Waals surface area contributed by atoms with E-state index in [-0.39, 0.29) is 12.4 Å². The van der Waals surface area contributed by atoms with Gasteiger partial charge in [-0.15, -0.1) is 12.4 Å². The number of piperidine rings is 1. The number of hydrogen-bond donors (Lipinski definition) is 1. The normalized spacial score (nSPS) is 27.0. The van der Waals surface area contributed by atoms with Gasteiger partial charge in [0.1, 0.15) is 0 Å². The Bertz CT molecular complexity index is 127. The molecule has 0 radical (unpaired) electrons. The van der Waals surface area contributed by atoms with Crippen LogP contribution in [0.1, 0.15) is 65.2 Å². The van der Waals surface area contributed by atoms with Crippen LogP contribution in [0, 0.1) is 0 Å². The molecule has 1 aliphatic heterocycles. The first-order valence-electron chi connectivity index (χ1n) is 6.09. The Kier molecular flexibility index (Phi) is 8.70. The molecule has 1 rings (SSSR count). The van der Waals surface area contributed by atoms with E-state index in [0.717, 1.165) is 12.1 Å². The minimum Gasteiger partial charge on any atom is -0.312 e. The molecular formula is C12H26ClN. The minimum atomic E-state index is 0. The molecule has 2 atom stereocenters. The van der Waals surface area contributed by atoms with Crippen LogP contribution in [0.15, 0.2) is 0 Å². The second-order valence-corrected chi connectivity index (χ2v) is 4.54. The maximum Gasteiger partial charge on any atom is 0.00695 e. The van der Waals surface area contributed by atoms with E-state index in [1.165, 1.54) is 51.4 Å². The number of hydrogen-bond acceptors (Lipinski definition) is 1. The second-order valence-electron chi connectivity index (χ2n) is 4.54. The Labute approximate surface area is 95.5 Å². The molecule has 2 heteroatoms. The fourth-order valence-electron chi connectivity index (χ4n) is 2.28. The molecule has 0 amide bonds. The SMILES string of the molecule is CCCCCC[C@@H]1CCC[C@@H](C)N1.Cl. The summed E-state index contributed by atoms with van der Waals surface area (Å²) in [5.74, 6) is 0. The van der Waals surface area contributed by atoms with E-state index >= 15 is 0 Å². The van der Waals surface area contributed by atoms with Gasteiger partial charge in [-0.05, 0) is 26.2 Å². The van der Waals surface area contributed by atoms with E-state index in [0.29, 0.717) is 0 Å². The van der Waals surface area contributed by atoms with Gasteiger partial charge in [0.15, 0.2) is 0 Å². The summed E-state index contributed by atoms with van der Waals surface area (Å²) in [4.78, 5) is 0. The summed E-state index contributed by atoms with van der Waals surface area (Å²) in [6.45, 7) is 4.60. The number of halogens is 1. The zero-order valence-electron chi connectivity index (χ0n) is 9.72. The zero-order chi connectivity index (χ0) is 9.52. The largest absolute Gasteiger partial charge is 0.312 e. The Morgan fingerprint density at radius 2 is 1.93 bits per heavy atom. The molecule has 0 unspecified atom stereocenters. The molecule has 0 spiro atoms. The number of unbranched alkanes of at least 4 members (excludes halogenated alkanes) is 3. The summed E-state index contributed by atoms with van der Waals surface area (Å²) in [5, 5.41) is 3.69. The summed E-state index contributed by atoms with van der Waals surface area (Å²) in [6.07, 6.45) is 11.3. The molecule has 14 heavy (non-hydrogen) atoms. The summed E-state index contributed by atoms with van der Waals surface area (Å²) < 4.78 is 0. The van der Waals surface area contributed by atoms with Crippen molar-refractivity contribution in [2.45, 2.75) is 77.3 Å². The highest BCUT2D eigenvalue weighted by Gasteiger charge is 2.16. The fourth-order valence-corrected chi connectivity index (χ4v) is 2.28. The van der Waals surface area contributed by atoms with Crippen molar-refractivity contribution < 1.29 is 0 Å². The van der Waals surface area contributed by atoms with E-state index in [4.69, 9.17) is 0 Å². The molecule has 0 aromatic rings. The predicted molar refractivity (Wildman–Crippen MR) is 66.2 cm³/mol. The average molecular weight is 220 g/mol. The van der Waals surface area contributed by atoms with Gasteiger partial charge >= 0.3 is 0 Å². The Morgan fingerprint density at radius 1 is 1.14 bits per heavy atom. The highest BCUT2D eigenvalue weighted by atomic mass is 35.5. The van der Waals surface area contributed by atoms with Crippen molar-refractivity contribution in [3.05, 3.63) is 0 Å². The van der Waals surface area contributed by atoms with Gasteiger partial charge in [-0.25, -0.2) is 0 Å².